The van der Waals surface area contributed by atoms with Crippen LogP contribution in [0, 0.1) is 5.92 Å². The predicted molar refractivity (Wildman–Crippen MR) is 82.8 cm³/mol. The van der Waals surface area contributed by atoms with Crippen molar-refractivity contribution in [2.24, 2.45) is 11.7 Å². The lowest BCUT2D eigenvalue weighted by Gasteiger charge is -2.22. The van der Waals surface area contributed by atoms with Crippen LogP contribution < -0.4 is 11.1 Å². The third-order valence-corrected chi connectivity index (χ3v) is 4.68. The molecule has 0 aliphatic carbocycles. The normalized spacial score (nSPS) is 17.6. The lowest BCUT2D eigenvalue weighted by Crippen LogP contribution is -2.44. The zero-order valence-electron chi connectivity index (χ0n) is 11.5. The first-order valence-corrected chi connectivity index (χ1v) is 8.19. The van der Waals surface area contributed by atoms with E-state index in [2.05, 4.69) is 5.32 Å². The molecule has 0 radical (unpaired) electrons. The number of phenolic OH excluding ortho intramolecular Hbond substituents is 1. The summed E-state index contributed by atoms with van der Waals surface area (Å²) in [6, 6.07) is 6.28. The molecule has 0 spiro atoms. The largest absolute Gasteiger partial charge is 0.508 e. The molecule has 1 heterocycles. The molecule has 1 aromatic carbocycles. The van der Waals surface area contributed by atoms with Gasteiger partial charge in [-0.15, -0.1) is 0 Å². The van der Waals surface area contributed by atoms with E-state index in [1.54, 1.807) is 24.3 Å². The smallest absolute Gasteiger partial charge is 0.237 e. The van der Waals surface area contributed by atoms with Gasteiger partial charge in [-0.2, -0.15) is 11.8 Å². The number of thioether (sulfide) groups is 1. The Morgan fingerprint density at radius 1 is 1.35 bits per heavy atom. The summed E-state index contributed by atoms with van der Waals surface area (Å²) in [5, 5.41) is 12.2. The fraction of sp³-hybridized carbons (Fsp3) is 0.533. The second kappa shape index (κ2) is 7.55. The van der Waals surface area contributed by atoms with Crippen molar-refractivity contribution in [3.05, 3.63) is 29.8 Å². The number of rotatable bonds is 5. The van der Waals surface area contributed by atoms with Crippen molar-refractivity contribution in [1.29, 1.82) is 0 Å². The first-order chi connectivity index (χ1) is 9.65. The number of amides is 1. The molecule has 20 heavy (non-hydrogen) atoms. The molecule has 1 saturated heterocycles. The van der Waals surface area contributed by atoms with Crippen molar-refractivity contribution in [3.63, 3.8) is 0 Å². The fourth-order valence-electron chi connectivity index (χ4n) is 2.31. The minimum atomic E-state index is -0.530. The molecular formula is C15H22N2O2S. The highest BCUT2D eigenvalue weighted by atomic mass is 32.2. The summed E-state index contributed by atoms with van der Waals surface area (Å²) in [6.07, 6.45) is 2.85. The van der Waals surface area contributed by atoms with Crippen LogP contribution in [0.4, 0.5) is 0 Å². The highest BCUT2D eigenvalue weighted by Gasteiger charge is 2.18. The first-order valence-electron chi connectivity index (χ1n) is 7.04. The Balaban J connectivity index is 1.75. The van der Waals surface area contributed by atoms with Gasteiger partial charge < -0.3 is 16.2 Å². The van der Waals surface area contributed by atoms with Gasteiger partial charge in [-0.05, 0) is 54.4 Å². The number of nitrogens with two attached hydrogens (primary N) is 1. The minimum Gasteiger partial charge on any atom is -0.508 e. The molecule has 5 heteroatoms. The van der Waals surface area contributed by atoms with Crippen LogP contribution in [0.5, 0.6) is 5.75 Å². The Hall–Kier alpha value is -1.20. The summed E-state index contributed by atoms with van der Waals surface area (Å²) in [5.74, 6) is 3.12. The topological polar surface area (TPSA) is 75.3 Å². The van der Waals surface area contributed by atoms with E-state index in [9.17, 15) is 9.90 Å². The fourth-order valence-corrected chi connectivity index (χ4v) is 3.51. The Labute approximate surface area is 124 Å². The molecule has 1 atom stereocenters. The summed E-state index contributed by atoms with van der Waals surface area (Å²) < 4.78 is 0. The quantitative estimate of drug-likeness (QED) is 0.769. The number of carbonyl (C=O) groups excluding carboxylic acids is 1. The summed E-state index contributed by atoms with van der Waals surface area (Å²) in [6.45, 7) is 0.739. The molecule has 110 valence electrons. The van der Waals surface area contributed by atoms with Crippen LogP contribution in [0.1, 0.15) is 18.4 Å². The van der Waals surface area contributed by atoms with Crippen LogP contribution in [-0.2, 0) is 11.2 Å². The van der Waals surface area contributed by atoms with Crippen LogP contribution in [0.15, 0.2) is 24.3 Å². The molecule has 0 aromatic heterocycles. The summed E-state index contributed by atoms with van der Waals surface area (Å²) in [7, 11) is 0. The SMILES string of the molecule is N[C@H](Cc1ccc(O)cc1)C(=O)NCC1CCSCC1. The maximum atomic E-state index is 12.0. The van der Waals surface area contributed by atoms with Crippen molar-refractivity contribution in [3.8, 4) is 5.75 Å². The van der Waals surface area contributed by atoms with E-state index in [1.807, 2.05) is 11.8 Å². The summed E-state index contributed by atoms with van der Waals surface area (Å²) >= 11 is 1.98. The van der Waals surface area contributed by atoms with Crippen LogP contribution in [0.2, 0.25) is 0 Å². The van der Waals surface area contributed by atoms with E-state index in [1.165, 1.54) is 24.3 Å². The molecule has 4 nitrogen and oxygen atoms in total. The molecule has 4 N–H and O–H groups in total. The molecule has 0 saturated carbocycles. The van der Waals surface area contributed by atoms with Crippen molar-refractivity contribution in [1.82, 2.24) is 5.32 Å². The number of aromatic hydroxyl groups is 1. The number of phenols is 1. The lowest BCUT2D eigenvalue weighted by molar-refractivity contribution is -0.122. The van der Waals surface area contributed by atoms with Gasteiger partial charge in [0.1, 0.15) is 5.75 Å². The van der Waals surface area contributed by atoms with E-state index in [0.29, 0.717) is 12.3 Å². The zero-order chi connectivity index (χ0) is 14.4. The second-order valence-corrected chi connectivity index (χ2v) is 6.50. The van der Waals surface area contributed by atoms with E-state index in [4.69, 9.17) is 5.73 Å². The van der Waals surface area contributed by atoms with E-state index in [-0.39, 0.29) is 11.7 Å². The first kappa shape index (κ1) is 15.2. The molecule has 1 aromatic rings. The lowest BCUT2D eigenvalue weighted by atomic mass is 10.0. The number of hydrogen-bond donors (Lipinski definition) is 3. The Bertz CT molecular complexity index is 430. The molecule has 0 unspecified atom stereocenters. The zero-order valence-corrected chi connectivity index (χ0v) is 12.4. The molecular weight excluding hydrogens is 272 g/mol. The van der Waals surface area contributed by atoms with Gasteiger partial charge in [0.2, 0.25) is 5.91 Å². The van der Waals surface area contributed by atoms with Gasteiger partial charge in [0.25, 0.3) is 0 Å². The molecule has 1 amide bonds. The highest BCUT2D eigenvalue weighted by Crippen LogP contribution is 2.21. The number of benzene rings is 1. The van der Waals surface area contributed by atoms with Gasteiger partial charge in [0.15, 0.2) is 0 Å². The maximum Gasteiger partial charge on any atom is 0.237 e. The average Bonchev–Trinajstić information content (AvgIpc) is 2.48. The van der Waals surface area contributed by atoms with Crippen LogP contribution in [0.3, 0.4) is 0 Å². The number of carbonyl (C=O) groups is 1. The van der Waals surface area contributed by atoms with E-state index in [0.717, 1.165) is 12.1 Å². The van der Waals surface area contributed by atoms with Gasteiger partial charge in [0.05, 0.1) is 6.04 Å². The predicted octanol–water partition coefficient (Wildman–Crippen LogP) is 1.52. The molecule has 2 rings (SSSR count). The van der Waals surface area contributed by atoms with Gasteiger partial charge in [-0.1, -0.05) is 12.1 Å². The summed E-state index contributed by atoms with van der Waals surface area (Å²) in [5.41, 5.74) is 6.88. The van der Waals surface area contributed by atoms with Crippen molar-refractivity contribution >= 4 is 17.7 Å². The van der Waals surface area contributed by atoms with Crippen molar-refractivity contribution in [2.75, 3.05) is 18.1 Å². The van der Waals surface area contributed by atoms with Gasteiger partial charge in [-0.3, -0.25) is 4.79 Å². The van der Waals surface area contributed by atoms with Crippen LogP contribution in [-0.4, -0.2) is 35.1 Å². The number of hydrogen-bond acceptors (Lipinski definition) is 4. The van der Waals surface area contributed by atoms with Crippen molar-refractivity contribution in [2.45, 2.75) is 25.3 Å². The average molecular weight is 294 g/mol. The monoisotopic (exact) mass is 294 g/mol. The summed E-state index contributed by atoms with van der Waals surface area (Å²) in [4.78, 5) is 12.0. The molecule has 0 bridgehead atoms. The van der Waals surface area contributed by atoms with Crippen LogP contribution in [0.25, 0.3) is 0 Å². The third-order valence-electron chi connectivity index (χ3n) is 3.63. The molecule has 1 aliphatic rings. The highest BCUT2D eigenvalue weighted by molar-refractivity contribution is 7.99. The standard InChI is InChI=1S/C15H22N2O2S/c16-14(9-11-1-3-13(18)4-2-11)15(19)17-10-12-5-7-20-8-6-12/h1-4,12,14,18H,5-10,16H2,(H,17,19)/t14-/m1/s1. The van der Waals surface area contributed by atoms with Crippen molar-refractivity contribution < 1.29 is 9.90 Å². The van der Waals surface area contributed by atoms with E-state index >= 15 is 0 Å². The van der Waals surface area contributed by atoms with Gasteiger partial charge in [0, 0.05) is 6.54 Å². The Morgan fingerprint density at radius 2 is 2.00 bits per heavy atom. The second-order valence-electron chi connectivity index (χ2n) is 5.28. The van der Waals surface area contributed by atoms with Gasteiger partial charge in [-0.25, -0.2) is 0 Å². The number of nitrogens with one attached hydrogen (secondary N) is 1. The minimum absolute atomic E-state index is 0.0868. The third kappa shape index (κ3) is 4.72. The van der Waals surface area contributed by atoms with Gasteiger partial charge >= 0.3 is 0 Å². The maximum absolute atomic E-state index is 12.0. The van der Waals surface area contributed by atoms with E-state index < -0.39 is 6.04 Å². The molecule has 1 fully saturated rings. The Morgan fingerprint density at radius 3 is 2.65 bits per heavy atom. The van der Waals surface area contributed by atoms with Crippen LogP contribution >= 0.6 is 11.8 Å². The Kier molecular flexibility index (Phi) is 5.73. The molecule has 1 aliphatic heterocycles.